The van der Waals surface area contributed by atoms with Crippen molar-refractivity contribution in [2.24, 2.45) is 35.5 Å². The molecule has 4 nitrogen and oxygen atoms in total. The minimum absolute atomic E-state index is 0.285. The zero-order chi connectivity index (χ0) is 16.6. The van der Waals surface area contributed by atoms with Gasteiger partial charge >= 0.3 is 11.9 Å². The zero-order valence-electron chi connectivity index (χ0n) is 13.8. The first-order valence-electron chi connectivity index (χ1n) is 8.63. The van der Waals surface area contributed by atoms with Crippen LogP contribution in [-0.4, -0.2) is 25.2 Å². The predicted molar refractivity (Wildman–Crippen MR) is 86.3 cm³/mol. The second-order valence-electron chi connectivity index (χ2n) is 7.45. The smallest absolute Gasteiger partial charge is 0.333 e. The van der Waals surface area contributed by atoms with Crippen molar-refractivity contribution < 1.29 is 19.1 Å². The quantitative estimate of drug-likeness (QED) is 0.558. The van der Waals surface area contributed by atoms with E-state index in [0.29, 0.717) is 42.5 Å². The molecule has 0 N–H and O–H groups in total. The first-order chi connectivity index (χ1) is 11.0. The van der Waals surface area contributed by atoms with Crippen LogP contribution in [0.5, 0.6) is 0 Å². The highest BCUT2D eigenvalue weighted by Crippen LogP contribution is 2.62. The highest BCUT2D eigenvalue weighted by atomic mass is 16.5. The molecule has 0 aromatic carbocycles. The van der Waals surface area contributed by atoms with Crippen molar-refractivity contribution >= 4 is 11.9 Å². The number of hydrogen-bond acceptors (Lipinski definition) is 4. The molecule has 0 spiro atoms. The minimum Gasteiger partial charge on any atom is -0.462 e. The Kier molecular flexibility index (Phi) is 4.60. The van der Waals surface area contributed by atoms with Gasteiger partial charge in [0.15, 0.2) is 0 Å². The van der Waals surface area contributed by atoms with Crippen LogP contribution in [0, 0.1) is 35.5 Å². The maximum Gasteiger partial charge on any atom is 0.333 e. The molecule has 3 aliphatic rings. The van der Waals surface area contributed by atoms with E-state index in [1.165, 1.54) is 25.3 Å². The van der Waals surface area contributed by atoms with Crippen molar-refractivity contribution in [1.29, 1.82) is 0 Å². The lowest BCUT2D eigenvalue weighted by molar-refractivity contribution is -0.142. The molecule has 0 heterocycles. The van der Waals surface area contributed by atoms with E-state index in [0.717, 1.165) is 18.3 Å². The normalized spacial score (nSPS) is 37.3. The second-order valence-corrected chi connectivity index (χ2v) is 7.45. The molecule has 0 radical (unpaired) electrons. The lowest BCUT2D eigenvalue weighted by Crippen LogP contribution is -2.33. The topological polar surface area (TPSA) is 52.6 Å². The molecule has 0 aromatic heterocycles. The lowest BCUT2D eigenvalue weighted by atomic mass is 9.73. The molecule has 126 valence electrons. The second kappa shape index (κ2) is 6.50. The molecule has 23 heavy (non-hydrogen) atoms. The van der Waals surface area contributed by atoms with Gasteiger partial charge in [-0.1, -0.05) is 13.2 Å². The molecular weight excluding hydrogens is 292 g/mol. The van der Waals surface area contributed by atoms with Crippen molar-refractivity contribution in [3.63, 3.8) is 0 Å². The summed E-state index contributed by atoms with van der Waals surface area (Å²) in [7, 11) is 0. The molecule has 3 aliphatic carbocycles. The van der Waals surface area contributed by atoms with Crippen molar-refractivity contribution in [2.75, 3.05) is 13.2 Å². The van der Waals surface area contributed by atoms with Gasteiger partial charge in [0.2, 0.25) is 0 Å². The Bertz CT molecular complexity index is 523. The molecule has 0 aromatic rings. The van der Waals surface area contributed by atoms with Crippen molar-refractivity contribution in [3.05, 3.63) is 24.8 Å². The Morgan fingerprint density at radius 1 is 1.09 bits per heavy atom. The molecule has 3 saturated carbocycles. The summed E-state index contributed by atoms with van der Waals surface area (Å²) >= 11 is 0. The average Bonchev–Trinajstić information content (AvgIpc) is 3.21. The van der Waals surface area contributed by atoms with E-state index in [4.69, 9.17) is 9.47 Å². The van der Waals surface area contributed by atoms with Gasteiger partial charge in [0.1, 0.15) is 0 Å². The van der Waals surface area contributed by atoms with Crippen LogP contribution in [0.25, 0.3) is 0 Å². The molecule has 0 aliphatic heterocycles. The standard InChI is InChI=1S/C19H26O4/c1-4-17(20)22-9-12-5-6-15-13-7-14(16(8-13)18(12)15)10-23-19(21)11(2)3/h4,12-16,18H,1-2,5-10H2,3H3. The summed E-state index contributed by atoms with van der Waals surface area (Å²) in [6.07, 6.45) is 6.05. The fraction of sp³-hybridized carbons (Fsp3) is 0.684. The third kappa shape index (κ3) is 3.08. The summed E-state index contributed by atoms with van der Waals surface area (Å²) in [6.45, 7) is 9.78. The predicted octanol–water partition coefficient (Wildman–Crippen LogP) is 3.13. The maximum absolute atomic E-state index is 11.6. The number of hydrogen-bond donors (Lipinski definition) is 0. The summed E-state index contributed by atoms with van der Waals surface area (Å²) in [5, 5.41) is 0. The number of carbonyl (C=O) groups is 2. The minimum atomic E-state index is -0.330. The van der Waals surface area contributed by atoms with E-state index >= 15 is 0 Å². The van der Waals surface area contributed by atoms with Crippen LogP contribution in [0.15, 0.2) is 24.8 Å². The summed E-state index contributed by atoms with van der Waals surface area (Å²) < 4.78 is 10.7. The lowest BCUT2D eigenvalue weighted by Gasteiger charge is -2.34. The highest BCUT2D eigenvalue weighted by molar-refractivity contribution is 5.86. The molecule has 6 atom stereocenters. The van der Waals surface area contributed by atoms with E-state index in [-0.39, 0.29) is 11.9 Å². The third-order valence-electron chi connectivity index (χ3n) is 6.18. The van der Waals surface area contributed by atoms with Crippen molar-refractivity contribution in [2.45, 2.75) is 32.6 Å². The maximum atomic E-state index is 11.6. The molecule has 6 unspecified atom stereocenters. The SMILES string of the molecule is C=CC(=O)OCC1CCC2C3CC(COC(=O)C(=C)C)C(C3)C12. The van der Waals surface area contributed by atoms with Gasteiger partial charge in [0.25, 0.3) is 0 Å². The number of esters is 2. The van der Waals surface area contributed by atoms with E-state index in [2.05, 4.69) is 13.2 Å². The van der Waals surface area contributed by atoms with Crippen LogP contribution in [0.1, 0.15) is 32.6 Å². The van der Waals surface area contributed by atoms with Crippen LogP contribution in [0.3, 0.4) is 0 Å². The Morgan fingerprint density at radius 3 is 2.52 bits per heavy atom. The summed E-state index contributed by atoms with van der Waals surface area (Å²) in [4.78, 5) is 22.9. The van der Waals surface area contributed by atoms with Gasteiger partial charge in [-0.25, -0.2) is 9.59 Å². The van der Waals surface area contributed by atoms with Crippen molar-refractivity contribution in [1.82, 2.24) is 0 Å². The Labute approximate surface area is 137 Å². The molecule has 3 rings (SSSR count). The number of carbonyl (C=O) groups excluding carboxylic acids is 2. The molecule has 3 fully saturated rings. The fourth-order valence-corrected chi connectivity index (χ4v) is 5.32. The first-order valence-corrected chi connectivity index (χ1v) is 8.63. The number of rotatable bonds is 6. The van der Waals surface area contributed by atoms with Crippen LogP contribution in [0.2, 0.25) is 0 Å². The van der Waals surface area contributed by atoms with Gasteiger partial charge in [-0.2, -0.15) is 0 Å². The van der Waals surface area contributed by atoms with E-state index in [1.54, 1.807) is 6.92 Å². The molecule has 2 bridgehead atoms. The summed E-state index contributed by atoms with van der Waals surface area (Å²) in [5.74, 6) is 3.08. The van der Waals surface area contributed by atoms with Gasteiger partial charge in [0, 0.05) is 11.6 Å². The van der Waals surface area contributed by atoms with Crippen molar-refractivity contribution in [3.8, 4) is 0 Å². The Morgan fingerprint density at radius 2 is 1.83 bits per heavy atom. The third-order valence-corrected chi connectivity index (χ3v) is 6.18. The van der Waals surface area contributed by atoms with Gasteiger partial charge < -0.3 is 9.47 Å². The highest BCUT2D eigenvalue weighted by Gasteiger charge is 2.57. The molecule has 4 heteroatoms. The number of ether oxygens (including phenoxy) is 2. The van der Waals surface area contributed by atoms with Crippen LogP contribution in [0.4, 0.5) is 0 Å². The van der Waals surface area contributed by atoms with Gasteiger partial charge in [-0.3, -0.25) is 0 Å². The Balaban J connectivity index is 1.58. The largest absolute Gasteiger partial charge is 0.462 e. The van der Waals surface area contributed by atoms with E-state index in [9.17, 15) is 9.59 Å². The summed E-state index contributed by atoms with van der Waals surface area (Å²) in [5.41, 5.74) is 0.459. The fourth-order valence-electron chi connectivity index (χ4n) is 5.32. The van der Waals surface area contributed by atoms with E-state index < -0.39 is 0 Å². The molecular formula is C19H26O4. The van der Waals surface area contributed by atoms with Crippen LogP contribution >= 0.6 is 0 Å². The summed E-state index contributed by atoms with van der Waals surface area (Å²) in [6, 6.07) is 0. The van der Waals surface area contributed by atoms with Gasteiger partial charge in [-0.05, 0) is 68.1 Å². The van der Waals surface area contributed by atoms with Crippen LogP contribution < -0.4 is 0 Å². The van der Waals surface area contributed by atoms with Gasteiger partial charge in [-0.15, -0.1) is 0 Å². The average molecular weight is 318 g/mol. The van der Waals surface area contributed by atoms with E-state index in [1.807, 2.05) is 0 Å². The first kappa shape index (κ1) is 16.3. The number of fused-ring (bicyclic) bond motifs is 5. The zero-order valence-corrected chi connectivity index (χ0v) is 13.8. The van der Waals surface area contributed by atoms with Gasteiger partial charge in [0.05, 0.1) is 13.2 Å². The molecule has 0 amide bonds. The molecule has 0 saturated heterocycles. The monoisotopic (exact) mass is 318 g/mol. The van der Waals surface area contributed by atoms with Crippen LogP contribution in [-0.2, 0) is 19.1 Å². The Hall–Kier alpha value is -1.58.